The van der Waals surface area contributed by atoms with Crippen LogP contribution in [0.2, 0.25) is 0 Å². The van der Waals surface area contributed by atoms with Crippen LogP contribution >= 0.6 is 0 Å². The van der Waals surface area contributed by atoms with Gasteiger partial charge in [-0.2, -0.15) is 0 Å². The molecule has 2 aromatic carbocycles. The molecular formula is C23H20FNO5. The molecular weight excluding hydrogens is 389 g/mol. The summed E-state index contributed by atoms with van der Waals surface area (Å²) in [5, 5.41) is 2.62. The second-order valence-corrected chi connectivity index (χ2v) is 6.69. The van der Waals surface area contributed by atoms with E-state index < -0.39 is 18.0 Å². The number of halogens is 1. The largest absolute Gasteiger partial charge is 0.449 e. The van der Waals surface area contributed by atoms with Gasteiger partial charge in [-0.05, 0) is 43.7 Å². The van der Waals surface area contributed by atoms with Crippen LogP contribution in [0.5, 0.6) is 0 Å². The third kappa shape index (κ3) is 5.20. The first-order chi connectivity index (χ1) is 14.3. The summed E-state index contributed by atoms with van der Waals surface area (Å²) in [5.41, 5.74) is 1.99. The van der Waals surface area contributed by atoms with Gasteiger partial charge in [-0.1, -0.05) is 36.4 Å². The number of amides is 1. The highest BCUT2D eigenvalue weighted by atomic mass is 19.1. The summed E-state index contributed by atoms with van der Waals surface area (Å²) in [6, 6.07) is 15.6. The molecule has 0 radical (unpaired) electrons. The molecule has 3 rings (SSSR count). The van der Waals surface area contributed by atoms with Gasteiger partial charge >= 0.3 is 5.97 Å². The van der Waals surface area contributed by atoms with E-state index >= 15 is 0 Å². The van der Waals surface area contributed by atoms with Crippen molar-refractivity contribution in [3.63, 3.8) is 0 Å². The van der Waals surface area contributed by atoms with E-state index in [-0.39, 0.29) is 23.9 Å². The van der Waals surface area contributed by atoms with Crippen LogP contribution in [0.1, 0.15) is 40.3 Å². The molecule has 0 saturated carbocycles. The molecule has 1 N–H and O–H groups in total. The van der Waals surface area contributed by atoms with E-state index in [1.165, 1.54) is 32.0 Å². The predicted molar refractivity (Wildman–Crippen MR) is 107 cm³/mol. The fraction of sp³-hybridized carbons (Fsp3) is 0.174. The van der Waals surface area contributed by atoms with Crippen molar-refractivity contribution in [1.82, 2.24) is 5.32 Å². The molecule has 30 heavy (non-hydrogen) atoms. The molecule has 7 heteroatoms. The first-order valence-corrected chi connectivity index (χ1v) is 9.28. The second-order valence-electron chi connectivity index (χ2n) is 6.69. The smallest absolute Gasteiger partial charge is 0.375 e. The summed E-state index contributed by atoms with van der Waals surface area (Å²) in [6.45, 7) is 3.11. The molecule has 0 aliphatic heterocycles. The SMILES string of the molecule is CC(=O)c1ccc(-c2ccc(C(=O)O[C@@H](C)C(=O)NCc3ccc(F)cc3)o2)cc1. The quantitative estimate of drug-likeness (QED) is 0.468. The highest BCUT2D eigenvalue weighted by molar-refractivity contribution is 5.94. The zero-order chi connectivity index (χ0) is 21.7. The van der Waals surface area contributed by atoms with E-state index in [1.807, 2.05) is 0 Å². The predicted octanol–water partition coefficient (Wildman–Crippen LogP) is 4.15. The first-order valence-electron chi connectivity index (χ1n) is 9.28. The number of furan rings is 1. The number of hydrogen-bond acceptors (Lipinski definition) is 5. The number of hydrogen-bond donors (Lipinski definition) is 1. The van der Waals surface area contributed by atoms with Crippen molar-refractivity contribution in [1.29, 1.82) is 0 Å². The molecule has 1 aromatic heterocycles. The van der Waals surface area contributed by atoms with Gasteiger partial charge in [0.1, 0.15) is 11.6 Å². The van der Waals surface area contributed by atoms with Crippen LogP contribution in [0.25, 0.3) is 11.3 Å². The Morgan fingerprint density at radius 2 is 1.67 bits per heavy atom. The lowest BCUT2D eigenvalue weighted by Crippen LogP contribution is -2.35. The number of benzene rings is 2. The molecule has 154 valence electrons. The third-order valence-corrected chi connectivity index (χ3v) is 4.42. The third-order valence-electron chi connectivity index (χ3n) is 4.42. The van der Waals surface area contributed by atoms with Crippen LogP contribution in [0.15, 0.2) is 65.1 Å². The number of carbonyl (C=O) groups is 3. The summed E-state index contributed by atoms with van der Waals surface area (Å²) in [6.07, 6.45) is -1.04. The van der Waals surface area contributed by atoms with E-state index in [2.05, 4.69) is 5.32 Å². The lowest BCUT2D eigenvalue weighted by atomic mass is 10.1. The molecule has 0 saturated heterocycles. The van der Waals surface area contributed by atoms with Gasteiger partial charge in [-0.15, -0.1) is 0 Å². The fourth-order valence-electron chi connectivity index (χ4n) is 2.68. The van der Waals surface area contributed by atoms with Crippen molar-refractivity contribution in [3.8, 4) is 11.3 Å². The maximum absolute atomic E-state index is 12.9. The van der Waals surface area contributed by atoms with Gasteiger partial charge in [0.05, 0.1) is 0 Å². The zero-order valence-corrected chi connectivity index (χ0v) is 16.5. The van der Waals surface area contributed by atoms with Crippen LogP contribution in [0.4, 0.5) is 4.39 Å². The molecule has 1 atom stereocenters. The van der Waals surface area contributed by atoms with Crippen LogP contribution in [-0.4, -0.2) is 23.8 Å². The number of carbonyl (C=O) groups excluding carboxylic acids is 3. The topological polar surface area (TPSA) is 85.6 Å². The van der Waals surface area contributed by atoms with Crippen molar-refractivity contribution in [3.05, 3.63) is 83.4 Å². The Labute approximate surface area is 172 Å². The van der Waals surface area contributed by atoms with E-state index in [0.717, 1.165) is 5.56 Å². The standard InChI is InChI=1S/C23H20FNO5/c1-14(26)17-5-7-18(8-6-17)20-11-12-21(30-20)23(28)29-15(2)22(27)25-13-16-3-9-19(24)10-4-16/h3-12,15H,13H2,1-2H3,(H,25,27)/t15-/m0/s1. The average Bonchev–Trinajstić information content (AvgIpc) is 3.23. The fourth-order valence-corrected chi connectivity index (χ4v) is 2.68. The minimum atomic E-state index is -1.04. The molecule has 0 spiro atoms. The molecule has 6 nitrogen and oxygen atoms in total. The van der Waals surface area contributed by atoms with E-state index in [4.69, 9.17) is 9.15 Å². The van der Waals surface area contributed by atoms with Crippen molar-refractivity contribution in [2.24, 2.45) is 0 Å². The van der Waals surface area contributed by atoms with Gasteiger partial charge in [0.2, 0.25) is 5.76 Å². The van der Waals surface area contributed by atoms with E-state index in [9.17, 15) is 18.8 Å². The monoisotopic (exact) mass is 409 g/mol. The lowest BCUT2D eigenvalue weighted by molar-refractivity contribution is -0.129. The number of rotatable bonds is 7. The Hall–Kier alpha value is -3.74. The summed E-state index contributed by atoms with van der Waals surface area (Å²) < 4.78 is 23.6. The minimum absolute atomic E-state index is 0.0428. The number of Topliss-reactive ketones (excluding diaryl/α,β-unsaturated/α-hetero) is 1. The first kappa shape index (κ1) is 21.0. The van der Waals surface area contributed by atoms with Gasteiger partial charge in [0, 0.05) is 17.7 Å². The van der Waals surface area contributed by atoms with Crippen molar-refractivity contribution in [2.45, 2.75) is 26.5 Å². The Morgan fingerprint density at radius 1 is 1.00 bits per heavy atom. The van der Waals surface area contributed by atoms with Crippen LogP contribution in [0.3, 0.4) is 0 Å². The van der Waals surface area contributed by atoms with Crippen LogP contribution in [0, 0.1) is 5.82 Å². The Balaban J connectivity index is 1.56. The lowest BCUT2D eigenvalue weighted by Gasteiger charge is -2.12. The van der Waals surface area contributed by atoms with Crippen molar-refractivity contribution >= 4 is 17.7 Å². The molecule has 1 heterocycles. The molecule has 0 unspecified atom stereocenters. The molecule has 1 amide bonds. The zero-order valence-electron chi connectivity index (χ0n) is 16.5. The molecule has 0 bridgehead atoms. The van der Waals surface area contributed by atoms with Crippen LogP contribution in [-0.2, 0) is 16.1 Å². The molecule has 0 fully saturated rings. The van der Waals surface area contributed by atoms with Crippen molar-refractivity contribution in [2.75, 3.05) is 0 Å². The van der Waals surface area contributed by atoms with Gasteiger partial charge in [0.15, 0.2) is 11.9 Å². The summed E-state index contributed by atoms with van der Waals surface area (Å²) in [4.78, 5) is 35.8. The second kappa shape index (κ2) is 9.17. The number of ether oxygens (including phenoxy) is 1. The number of nitrogens with one attached hydrogen (secondary N) is 1. The highest BCUT2D eigenvalue weighted by Gasteiger charge is 2.21. The Morgan fingerprint density at radius 3 is 2.30 bits per heavy atom. The van der Waals surface area contributed by atoms with Gasteiger partial charge in [-0.3, -0.25) is 9.59 Å². The molecule has 0 aliphatic carbocycles. The summed E-state index contributed by atoms with van der Waals surface area (Å²) in [7, 11) is 0. The number of esters is 1. The van der Waals surface area contributed by atoms with Gasteiger partial charge in [0.25, 0.3) is 5.91 Å². The Bertz CT molecular complexity index is 1050. The van der Waals surface area contributed by atoms with Gasteiger partial charge in [-0.25, -0.2) is 9.18 Å². The normalized spacial score (nSPS) is 11.6. The van der Waals surface area contributed by atoms with Crippen molar-refractivity contribution < 1.29 is 27.9 Å². The van der Waals surface area contributed by atoms with E-state index in [0.29, 0.717) is 16.9 Å². The maximum atomic E-state index is 12.9. The maximum Gasteiger partial charge on any atom is 0.375 e. The summed E-state index contributed by atoms with van der Waals surface area (Å²) in [5.74, 6) is -1.27. The highest BCUT2D eigenvalue weighted by Crippen LogP contribution is 2.23. The Kier molecular flexibility index (Phi) is 6.41. The molecule has 3 aromatic rings. The van der Waals surface area contributed by atoms with Crippen LogP contribution < -0.4 is 5.32 Å². The number of ketones is 1. The molecule has 0 aliphatic rings. The van der Waals surface area contributed by atoms with Gasteiger partial charge < -0.3 is 14.5 Å². The summed E-state index contributed by atoms with van der Waals surface area (Å²) >= 11 is 0. The average molecular weight is 409 g/mol. The van der Waals surface area contributed by atoms with E-state index in [1.54, 1.807) is 42.5 Å². The minimum Gasteiger partial charge on any atom is -0.449 e.